The van der Waals surface area contributed by atoms with Crippen LogP contribution in [-0.4, -0.2) is 36.6 Å². The molecule has 1 unspecified atom stereocenters. The van der Waals surface area contributed by atoms with E-state index < -0.39 is 0 Å². The lowest BCUT2D eigenvalue weighted by Gasteiger charge is -2.23. The Hall–Kier alpha value is -2.30. The number of allylic oxidation sites excluding steroid dienone is 2. The van der Waals surface area contributed by atoms with Crippen molar-refractivity contribution in [2.75, 3.05) is 26.4 Å². The molecule has 0 amide bonds. The maximum absolute atomic E-state index is 8.90. The Balaban J connectivity index is 1.63. The van der Waals surface area contributed by atoms with E-state index in [0.717, 1.165) is 36.3 Å². The molecule has 0 saturated carbocycles. The zero-order chi connectivity index (χ0) is 19.1. The quantitative estimate of drug-likeness (QED) is 0.737. The maximum Gasteiger partial charge on any atom is 0.122 e. The summed E-state index contributed by atoms with van der Waals surface area (Å²) in [5.41, 5.74) is 5.09. The van der Waals surface area contributed by atoms with Crippen molar-refractivity contribution in [2.24, 2.45) is 0 Å². The van der Waals surface area contributed by atoms with E-state index in [9.17, 15) is 0 Å². The highest BCUT2D eigenvalue weighted by Crippen LogP contribution is 2.37. The predicted molar refractivity (Wildman–Crippen MR) is 107 cm³/mol. The topological polar surface area (TPSA) is 58.9 Å². The van der Waals surface area contributed by atoms with Crippen LogP contribution in [0.25, 0.3) is 5.57 Å². The molecule has 27 heavy (non-hydrogen) atoms. The second kappa shape index (κ2) is 9.58. The molecule has 0 aromatic heterocycles. The molecule has 0 bridgehead atoms. The second-order valence-corrected chi connectivity index (χ2v) is 6.89. The predicted octanol–water partition coefficient (Wildman–Crippen LogP) is 4.09. The van der Waals surface area contributed by atoms with Crippen LogP contribution in [0.15, 0.2) is 48.5 Å². The number of rotatable bonds is 8. The summed E-state index contributed by atoms with van der Waals surface area (Å²) in [6, 6.07) is 14.5. The average molecular weight is 368 g/mol. The van der Waals surface area contributed by atoms with Gasteiger partial charge in [-0.25, -0.2) is 0 Å². The van der Waals surface area contributed by atoms with Gasteiger partial charge >= 0.3 is 0 Å². The molecule has 1 aliphatic carbocycles. The lowest BCUT2D eigenvalue weighted by molar-refractivity contribution is 0.200. The van der Waals surface area contributed by atoms with Crippen molar-refractivity contribution in [1.29, 1.82) is 0 Å². The number of aliphatic hydroxyl groups is 2. The van der Waals surface area contributed by atoms with Crippen LogP contribution in [0.1, 0.15) is 41.9 Å². The van der Waals surface area contributed by atoms with E-state index in [1.54, 1.807) is 0 Å². The maximum atomic E-state index is 8.90. The highest BCUT2D eigenvalue weighted by atomic mass is 16.5. The van der Waals surface area contributed by atoms with Crippen LogP contribution in [0.5, 0.6) is 11.5 Å². The Morgan fingerprint density at radius 2 is 1.70 bits per heavy atom. The molecule has 4 heteroatoms. The third-order valence-electron chi connectivity index (χ3n) is 5.02. The summed E-state index contributed by atoms with van der Waals surface area (Å²) in [6.45, 7) is 2.77. The Morgan fingerprint density at radius 3 is 2.33 bits per heavy atom. The highest BCUT2D eigenvalue weighted by molar-refractivity contribution is 5.68. The fourth-order valence-electron chi connectivity index (χ4n) is 3.57. The molecule has 4 nitrogen and oxygen atoms in total. The minimum absolute atomic E-state index is 0.0300. The molecule has 3 rings (SSSR count). The van der Waals surface area contributed by atoms with E-state index in [2.05, 4.69) is 30.3 Å². The first-order valence-electron chi connectivity index (χ1n) is 9.58. The fraction of sp³-hybridized carbons (Fsp3) is 0.391. The van der Waals surface area contributed by atoms with E-state index in [1.807, 2.05) is 25.1 Å². The lowest BCUT2D eigenvalue weighted by atomic mass is 9.82. The molecule has 1 atom stereocenters. The first-order valence-corrected chi connectivity index (χ1v) is 9.58. The van der Waals surface area contributed by atoms with Gasteiger partial charge in [-0.05, 0) is 78.6 Å². The Morgan fingerprint density at radius 1 is 0.963 bits per heavy atom. The van der Waals surface area contributed by atoms with Crippen LogP contribution in [0.3, 0.4) is 0 Å². The molecule has 0 heterocycles. The van der Waals surface area contributed by atoms with E-state index in [-0.39, 0.29) is 13.2 Å². The van der Waals surface area contributed by atoms with Crippen LogP contribution >= 0.6 is 0 Å². The van der Waals surface area contributed by atoms with Gasteiger partial charge in [0.1, 0.15) is 24.7 Å². The lowest BCUT2D eigenvalue weighted by Crippen LogP contribution is -2.06. The summed E-state index contributed by atoms with van der Waals surface area (Å²) in [7, 11) is 0. The number of aryl methyl sites for hydroxylation is 1. The largest absolute Gasteiger partial charge is 0.491 e. The Kier molecular flexibility index (Phi) is 6.91. The van der Waals surface area contributed by atoms with Gasteiger partial charge in [0.05, 0.1) is 13.2 Å². The molecule has 1 aliphatic rings. The first-order chi connectivity index (χ1) is 13.2. The van der Waals surface area contributed by atoms with Crippen molar-refractivity contribution in [1.82, 2.24) is 0 Å². The Labute approximate surface area is 161 Å². The molecule has 2 aromatic carbocycles. The molecular formula is C23H28O4. The zero-order valence-electron chi connectivity index (χ0n) is 15.9. The van der Waals surface area contributed by atoms with Crippen molar-refractivity contribution < 1.29 is 19.7 Å². The number of hydrogen-bond donors (Lipinski definition) is 2. The molecule has 2 N–H and O–H groups in total. The average Bonchev–Trinajstić information content (AvgIpc) is 2.72. The van der Waals surface area contributed by atoms with Crippen LogP contribution in [0, 0.1) is 6.92 Å². The van der Waals surface area contributed by atoms with Crippen LogP contribution < -0.4 is 9.47 Å². The SMILES string of the molecule is Cc1cc(C2=CCC(c3ccc(OCCO)cc3)CC2)ccc1OCCO. The number of aliphatic hydroxyl groups excluding tert-OH is 2. The van der Waals surface area contributed by atoms with Crippen LogP contribution in [0.2, 0.25) is 0 Å². The number of benzene rings is 2. The van der Waals surface area contributed by atoms with E-state index in [1.165, 1.54) is 16.7 Å². The van der Waals surface area contributed by atoms with E-state index in [0.29, 0.717) is 19.1 Å². The summed E-state index contributed by atoms with van der Waals surface area (Å²) >= 11 is 0. The van der Waals surface area contributed by atoms with Gasteiger partial charge < -0.3 is 19.7 Å². The first kappa shape index (κ1) is 19.5. The molecule has 0 saturated heterocycles. The van der Waals surface area contributed by atoms with Gasteiger partial charge in [0.15, 0.2) is 0 Å². The smallest absolute Gasteiger partial charge is 0.122 e. The minimum Gasteiger partial charge on any atom is -0.491 e. The van der Waals surface area contributed by atoms with Gasteiger partial charge in [-0.15, -0.1) is 0 Å². The van der Waals surface area contributed by atoms with Crippen molar-refractivity contribution in [2.45, 2.75) is 32.1 Å². The molecule has 0 radical (unpaired) electrons. The van der Waals surface area contributed by atoms with Crippen LogP contribution in [0.4, 0.5) is 0 Å². The van der Waals surface area contributed by atoms with Crippen molar-refractivity contribution >= 4 is 5.57 Å². The molecular weight excluding hydrogens is 340 g/mol. The van der Waals surface area contributed by atoms with E-state index in [4.69, 9.17) is 19.7 Å². The summed E-state index contributed by atoms with van der Waals surface area (Å²) < 4.78 is 11.0. The fourth-order valence-corrected chi connectivity index (χ4v) is 3.57. The van der Waals surface area contributed by atoms with Crippen molar-refractivity contribution in [3.8, 4) is 11.5 Å². The minimum atomic E-state index is 0.0300. The second-order valence-electron chi connectivity index (χ2n) is 6.89. The summed E-state index contributed by atoms with van der Waals surface area (Å²) in [5, 5.41) is 17.7. The number of ether oxygens (including phenoxy) is 2. The van der Waals surface area contributed by atoms with Gasteiger partial charge in [-0.2, -0.15) is 0 Å². The molecule has 0 spiro atoms. The normalized spacial score (nSPS) is 16.7. The van der Waals surface area contributed by atoms with E-state index >= 15 is 0 Å². The van der Waals surface area contributed by atoms with Crippen molar-refractivity contribution in [3.05, 3.63) is 65.2 Å². The third-order valence-corrected chi connectivity index (χ3v) is 5.02. The van der Waals surface area contributed by atoms with Gasteiger partial charge in [-0.3, -0.25) is 0 Å². The van der Waals surface area contributed by atoms with Gasteiger partial charge in [0, 0.05) is 0 Å². The summed E-state index contributed by atoms with van der Waals surface area (Å²) in [4.78, 5) is 0. The summed E-state index contributed by atoms with van der Waals surface area (Å²) in [5.74, 6) is 2.18. The highest BCUT2D eigenvalue weighted by Gasteiger charge is 2.17. The van der Waals surface area contributed by atoms with Gasteiger partial charge in [0.25, 0.3) is 0 Å². The molecule has 0 fully saturated rings. The summed E-state index contributed by atoms with van der Waals surface area (Å²) in [6.07, 6.45) is 5.58. The monoisotopic (exact) mass is 368 g/mol. The van der Waals surface area contributed by atoms with Gasteiger partial charge in [-0.1, -0.05) is 24.3 Å². The molecule has 0 aliphatic heterocycles. The van der Waals surface area contributed by atoms with Gasteiger partial charge in [0.2, 0.25) is 0 Å². The Bertz CT molecular complexity index is 764. The molecule has 144 valence electrons. The zero-order valence-corrected chi connectivity index (χ0v) is 15.9. The number of hydrogen-bond acceptors (Lipinski definition) is 4. The third kappa shape index (κ3) is 5.12. The molecule has 2 aromatic rings. The van der Waals surface area contributed by atoms with Crippen molar-refractivity contribution in [3.63, 3.8) is 0 Å². The standard InChI is InChI=1S/C23H28O4/c1-17-16-21(8-11-23(17)27-15-13-25)20-4-2-18(3-5-20)19-6-9-22(10-7-19)26-14-12-24/h4,6-11,16,18,24-25H,2-3,5,12-15H2,1H3. The van der Waals surface area contributed by atoms with Crippen LogP contribution in [-0.2, 0) is 0 Å².